The summed E-state index contributed by atoms with van der Waals surface area (Å²) in [6, 6.07) is 18.8. The molecule has 1 aliphatic heterocycles. The van der Waals surface area contributed by atoms with Gasteiger partial charge in [-0.05, 0) is 48.9 Å². The second-order valence-corrected chi connectivity index (χ2v) is 7.45. The number of nitrogens with zero attached hydrogens (tertiary/aromatic N) is 2. The highest BCUT2D eigenvalue weighted by Gasteiger charge is 2.45. The zero-order valence-corrected chi connectivity index (χ0v) is 17.3. The van der Waals surface area contributed by atoms with Crippen molar-refractivity contribution in [3.63, 3.8) is 0 Å². The minimum atomic E-state index is -1.33. The molecular formula is C23H18ClN3O4. The van der Waals surface area contributed by atoms with Gasteiger partial charge in [0.25, 0.3) is 11.8 Å². The number of hydrogen-bond donors (Lipinski definition) is 1. The van der Waals surface area contributed by atoms with Gasteiger partial charge in [0.05, 0.1) is 11.3 Å². The van der Waals surface area contributed by atoms with E-state index in [9.17, 15) is 14.4 Å². The van der Waals surface area contributed by atoms with E-state index >= 15 is 0 Å². The van der Waals surface area contributed by atoms with Crippen molar-refractivity contribution in [1.82, 2.24) is 10.0 Å². The average molecular weight is 436 g/mol. The summed E-state index contributed by atoms with van der Waals surface area (Å²) in [7, 11) is 0. The Morgan fingerprint density at radius 3 is 2.48 bits per heavy atom. The molecule has 156 valence electrons. The Bertz CT molecular complexity index is 1150. The highest BCUT2D eigenvalue weighted by molar-refractivity contribution is 6.30. The molecule has 3 amide bonds. The zero-order chi connectivity index (χ0) is 22.0. The van der Waals surface area contributed by atoms with Crippen molar-refractivity contribution in [3.8, 4) is 0 Å². The van der Waals surface area contributed by atoms with Crippen LogP contribution in [0.2, 0.25) is 5.02 Å². The Morgan fingerprint density at radius 2 is 1.77 bits per heavy atom. The number of fused-ring (bicyclic) bond motifs is 1. The fourth-order valence-corrected chi connectivity index (χ4v) is 3.37. The third kappa shape index (κ3) is 4.33. The fraction of sp³-hybridized carbons (Fsp3) is 0.130. The fourth-order valence-electron chi connectivity index (χ4n) is 3.24. The number of carbonyl (C=O) groups excluding carboxylic acids is 3. The third-order valence-electron chi connectivity index (χ3n) is 4.78. The van der Waals surface area contributed by atoms with Crippen LogP contribution in [0.3, 0.4) is 0 Å². The topological polar surface area (TPSA) is 88.6 Å². The van der Waals surface area contributed by atoms with E-state index in [1.54, 1.807) is 43.3 Å². The maximum absolute atomic E-state index is 13.2. The lowest BCUT2D eigenvalue weighted by Crippen LogP contribution is -2.48. The van der Waals surface area contributed by atoms with Crippen molar-refractivity contribution >= 4 is 35.0 Å². The minimum absolute atomic E-state index is 0.00152. The summed E-state index contributed by atoms with van der Waals surface area (Å²) in [6.45, 7) is 1.72. The molecule has 7 nitrogen and oxygen atoms in total. The van der Waals surface area contributed by atoms with Crippen LogP contribution < -0.4 is 5.32 Å². The van der Waals surface area contributed by atoms with Crippen molar-refractivity contribution in [2.24, 2.45) is 0 Å². The first-order chi connectivity index (χ1) is 14.9. The van der Waals surface area contributed by atoms with Crippen LogP contribution in [0.1, 0.15) is 33.2 Å². The first-order valence-electron chi connectivity index (χ1n) is 9.53. The van der Waals surface area contributed by atoms with Crippen LogP contribution in [-0.2, 0) is 21.0 Å². The Hall–Kier alpha value is -3.55. The third-order valence-corrected chi connectivity index (χ3v) is 5.03. The molecule has 2 heterocycles. The standard InChI is InChI=1S/C23H18ClN3O4/c1-14-7-12-18-20(25-14)19(21(28)26-17-10-8-16(24)9-11-17)23(30)27(22(18)29)31-13-15-5-3-2-4-6-15/h2-12,19H,13H2,1H3,(H,26,28). The van der Waals surface area contributed by atoms with Crippen molar-refractivity contribution in [1.29, 1.82) is 0 Å². The number of halogens is 1. The highest BCUT2D eigenvalue weighted by atomic mass is 35.5. The number of benzene rings is 2. The van der Waals surface area contributed by atoms with Crippen molar-refractivity contribution in [3.05, 3.63) is 94.3 Å². The van der Waals surface area contributed by atoms with E-state index in [1.807, 2.05) is 30.3 Å². The summed E-state index contributed by atoms with van der Waals surface area (Å²) >= 11 is 5.89. The number of anilines is 1. The predicted molar refractivity (Wildman–Crippen MR) is 114 cm³/mol. The van der Waals surface area contributed by atoms with Crippen LogP contribution in [0.25, 0.3) is 0 Å². The smallest absolute Gasteiger partial charge is 0.286 e. The van der Waals surface area contributed by atoms with Crippen LogP contribution in [-0.4, -0.2) is 27.8 Å². The Morgan fingerprint density at radius 1 is 1.06 bits per heavy atom. The molecule has 31 heavy (non-hydrogen) atoms. The summed E-state index contributed by atoms with van der Waals surface area (Å²) in [6.07, 6.45) is 0. The van der Waals surface area contributed by atoms with Crippen LogP contribution in [0.5, 0.6) is 0 Å². The van der Waals surface area contributed by atoms with Gasteiger partial charge < -0.3 is 5.32 Å². The molecule has 0 fully saturated rings. The molecule has 1 aliphatic rings. The van der Waals surface area contributed by atoms with Crippen LogP contribution in [0.15, 0.2) is 66.7 Å². The zero-order valence-electron chi connectivity index (χ0n) is 16.5. The first-order valence-corrected chi connectivity index (χ1v) is 9.91. The Kier molecular flexibility index (Phi) is 5.79. The Labute approximate surface area is 183 Å². The number of aromatic nitrogens is 1. The number of imide groups is 1. The van der Waals surface area contributed by atoms with Gasteiger partial charge >= 0.3 is 0 Å². The number of hydrogen-bond acceptors (Lipinski definition) is 5. The number of aryl methyl sites for hydroxylation is 1. The lowest BCUT2D eigenvalue weighted by molar-refractivity contribution is -0.177. The normalized spacial score (nSPS) is 15.5. The molecule has 1 aromatic heterocycles. The van der Waals surface area contributed by atoms with Gasteiger partial charge in [0.15, 0.2) is 5.92 Å². The van der Waals surface area contributed by atoms with Gasteiger partial charge in [-0.15, -0.1) is 5.06 Å². The molecule has 2 aromatic carbocycles. The highest BCUT2D eigenvalue weighted by Crippen LogP contribution is 2.30. The lowest BCUT2D eigenvalue weighted by Gasteiger charge is -2.30. The maximum atomic E-state index is 13.2. The summed E-state index contributed by atoms with van der Waals surface area (Å²) < 4.78 is 0. The number of carbonyl (C=O) groups is 3. The summed E-state index contributed by atoms with van der Waals surface area (Å²) in [5.74, 6) is -3.40. The molecule has 0 spiro atoms. The molecule has 1 atom stereocenters. The van der Waals surface area contributed by atoms with E-state index in [0.29, 0.717) is 21.5 Å². The number of pyridine rings is 1. The van der Waals surface area contributed by atoms with Gasteiger partial charge in [0.2, 0.25) is 5.91 Å². The number of amides is 3. The van der Waals surface area contributed by atoms with E-state index in [1.165, 1.54) is 0 Å². The number of hydroxylamine groups is 2. The van der Waals surface area contributed by atoms with Crippen molar-refractivity contribution in [2.75, 3.05) is 5.32 Å². The average Bonchev–Trinajstić information content (AvgIpc) is 2.76. The first kappa shape index (κ1) is 20.7. The van der Waals surface area contributed by atoms with E-state index in [2.05, 4.69) is 10.3 Å². The molecule has 0 aliphatic carbocycles. The van der Waals surface area contributed by atoms with E-state index in [0.717, 1.165) is 5.56 Å². The van der Waals surface area contributed by atoms with E-state index < -0.39 is 23.6 Å². The van der Waals surface area contributed by atoms with Crippen molar-refractivity contribution < 1.29 is 19.2 Å². The number of rotatable bonds is 5. The molecule has 3 aromatic rings. The molecule has 8 heteroatoms. The van der Waals surface area contributed by atoms with Gasteiger partial charge in [-0.25, -0.2) is 0 Å². The molecule has 0 saturated heterocycles. The molecule has 0 saturated carbocycles. The van der Waals surface area contributed by atoms with Gasteiger partial charge in [0.1, 0.15) is 6.61 Å². The summed E-state index contributed by atoms with van der Waals surface area (Å²) in [5.41, 5.74) is 2.08. The lowest BCUT2D eigenvalue weighted by atomic mass is 9.93. The van der Waals surface area contributed by atoms with Gasteiger partial charge in [-0.2, -0.15) is 0 Å². The molecule has 1 unspecified atom stereocenters. The Balaban J connectivity index is 1.65. The second kappa shape index (κ2) is 8.67. The van der Waals surface area contributed by atoms with E-state index in [4.69, 9.17) is 16.4 Å². The molecule has 0 bridgehead atoms. The van der Waals surface area contributed by atoms with Crippen LogP contribution in [0, 0.1) is 6.92 Å². The second-order valence-electron chi connectivity index (χ2n) is 7.01. The van der Waals surface area contributed by atoms with Crippen molar-refractivity contribution in [2.45, 2.75) is 19.4 Å². The minimum Gasteiger partial charge on any atom is -0.325 e. The SMILES string of the molecule is Cc1ccc2c(n1)C(C(=O)Nc1ccc(Cl)cc1)C(=O)N(OCc1ccccc1)C2=O. The molecule has 4 rings (SSSR count). The largest absolute Gasteiger partial charge is 0.325 e. The van der Waals surface area contributed by atoms with Crippen LogP contribution in [0.4, 0.5) is 5.69 Å². The molecule has 0 radical (unpaired) electrons. The predicted octanol–water partition coefficient (Wildman–Crippen LogP) is 3.88. The monoisotopic (exact) mass is 435 g/mol. The van der Waals surface area contributed by atoms with Gasteiger partial charge in [-0.1, -0.05) is 41.9 Å². The van der Waals surface area contributed by atoms with Gasteiger partial charge in [0, 0.05) is 16.4 Å². The quantitative estimate of drug-likeness (QED) is 0.485. The molecular weight excluding hydrogens is 418 g/mol. The maximum Gasteiger partial charge on any atom is 0.286 e. The van der Waals surface area contributed by atoms with Crippen LogP contribution >= 0.6 is 11.6 Å². The summed E-state index contributed by atoms with van der Waals surface area (Å²) in [5, 5.41) is 3.85. The van der Waals surface area contributed by atoms with E-state index in [-0.39, 0.29) is 17.9 Å². The number of nitrogens with one attached hydrogen (secondary N) is 1. The molecule has 1 N–H and O–H groups in total. The summed E-state index contributed by atoms with van der Waals surface area (Å²) in [4.78, 5) is 49.0. The van der Waals surface area contributed by atoms with Gasteiger partial charge in [-0.3, -0.25) is 24.2 Å².